The molecule has 0 radical (unpaired) electrons. The second-order valence-corrected chi connectivity index (χ2v) is 7.35. The van der Waals surface area contributed by atoms with E-state index in [0.717, 1.165) is 19.3 Å². The average Bonchev–Trinajstić information content (AvgIpc) is 2.66. The Bertz CT molecular complexity index is 832. The zero-order valence-electron chi connectivity index (χ0n) is 16.2. The van der Waals surface area contributed by atoms with Crippen LogP contribution >= 0.6 is 0 Å². The zero-order chi connectivity index (χ0) is 19.4. The number of rotatable bonds is 5. The molecule has 142 valence electrons. The summed E-state index contributed by atoms with van der Waals surface area (Å²) in [5.74, 6) is -0.156. The van der Waals surface area contributed by atoms with E-state index in [2.05, 4.69) is 34.5 Å². The largest absolute Gasteiger partial charge is 0.345 e. The fourth-order valence-electron chi connectivity index (χ4n) is 3.71. The molecule has 1 aliphatic carbocycles. The van der Waals surface area contributed by atoms with Crippen molar-refractivity contribution in [3.63, 3.8) is 0 Å². The Labute approximate surface area is 161 Å². The second kappa shape index (κ2) is 8.35. The number of hydrogen-bond donors (Lipinski definition) is 1. The molecule has 2 aromatic rings. The van der Waals surface area contributed by atoms with E-state index >= 15 is 0 Å². The van der Waals surface area contributed by atoms with E-state index in [1.165, 1.54) is 16.0 Å². The Morgan fingerprint density at radius 2 is 1.85 bits per heavy atom. The molecule has 0 heterocycles. The molecule has 0 saturated carbocycles. The molecule has 27 heavy (non-hydrogen) atoms. The van der Waals surface area contributed by atoms with Crippen molar-refractivity contribution >= 4 is 17.5 Å². The Morgan fingerprint density at radius 3 is 2.63 bits per heavy atom. The van der Waals surface area contributed by atoms with Gasteiger partial charge in [-0.2, -0.15) is 0 Å². The highest BCUT2D eigenvalue weighted by molar-refractivity contribution is 5.97. The average molecular weight is 365 g/mol. The van der Waals surface area contributed by atoms with Gasteiger partial charge in [0.15, 0.2) is 0 Å². The number of amides is 2. The minimum Gasteiger partial charge on any atom is -0.345 e. The molecule has 0 bridgehead atoms. The van der Waals surface area contributed by atoms with Gasteiger partial charge in [-0.05, 0) is 55.6 Å². The lowest BCUT2D eigenvalue weighted by atomic mass is 9.87. The lowest BCUT2D eigenvalue weighted by Crippen LogP contribution is -2.35. The maximum Gasteiger partial charge on any atom is 0.253 e. The molecular formula is C22H27N3O2. The van der Waals surface area contributed by atoms with Crippen LogP contribution in [0.2, 0.25) is 0 Å². The summed E-state index contributed by atoms with van der Waals surface area (Å²) in [5.41, 5.74) is 3.92. The molecule has 0 spiro atoms. The van der Waals surface area contributed by atoms with E-state index in [4.69, 9.17) is 0 Å². The van der Waals surface area contributed by atoms with Crippen LogP contribution in [0.15, 0.2) is 48.5 Å². The lowest BCUT2D eigenvalue weighted by Gasteiger charge is -2.32. The molecular weight excluding hydrogens is 338 g/mol. The number of carbonyl (C=O) groups excluding carboxylic acids is 2. The van der Waals surface area contributed by atoms with E-state index in [1.54, 1.807) is 38.4 Å². The number of nitrogens with zero attached hydrogens (tertiary/aromatic N) is 2. The second-order valence-electron chi connectivity index (χ2n) is 7.35. The van der Waals surface area contributed by atoms with Crippen LogP contribution in [0.5, 0.6) is 0 Å². The van der Waals surface area contributed by atoms with Crippen LogP contribution in [-0.2, 0) is 11.2 Å². The molecule has 0 aromatic heterocycles. The van der Waals surface area contributed by atoms with Crippen LogP contribution in [0.4, 0.5) is 5.69 Å². The Balaban J connectivity index is 1.65. The maximum atomic E-state index is 12.5. The lowest BCUT2D eigenvalue weighted by molar-refractivity contribution is -0.117. The first kappa shape index (κ1) is 19.1. The number of anilines is 1. The van der Waals surface area contributed by atoms with Gasteiger partial charge in [0, 0.05) is 31.4 Å². The Hall–Kier alpha value is -2.66. The highest BCUT2D eigenvalue weighted by atomic mass is 16.2. The number of benzene rings is 2. The van der Waals surface area contributed by atoms with Crippen molar-refractivity contribution in [3.8, 4) is 0 Å². The number of likely N-dealkylation sites (N-methyl/N-ethyl adjacent to an activating group) is 1. The van der Waals surface area contributed by atoms with E-state index in [-0.39, 0.29) is 17.9 Å². The third-order valence-electron chi connectivity index (χ3n) is 5.06. The van der Waals surface area contributed by atoms with Gasteiger partial charge in [0.25, 0.3) is 5.91 Å². The quantitative estimate of drug-likeness (QED) is 0.884. The molecule has 0 fully saturated rings. The molecule has 5 heteroatoms. The van der Waals surface area contributed by atoms with Crippen molar-refractivity contribution in [1.82, 2.24) is 9.80 Å². The normalized spacial score (nSPS) is 15.9. The molecule has 0 saturated heterocycles. The summed E-state index contributed by atoms with van der Waals surface area (Å²) in [7, 11) is 5.42. The van der Waals surface area contributed by atoms with E-state index in [0.29, 0.717) is 17.8 Å². The zero-order valence-corrected chi connectivity index (χ0v) is 16.2. The van der Waals surface area contributed by atoms with Crippen molar-refractivity contribution in [3.05, 3.63) is 65.2 Å². The summed E-state index contributed by atoms with van der Waals surface area (Å²) < 4.78 is 0. The van der Waals surface area contributed by atoms with Crippen molar-refractivity contribution < 1.29 is 9.59 Å². The van der Waals surface area contributed by atoms with Crippen LogP contribution < -0.4 is 5.32 Å². The predicted molar refractivity (Wildman–Crippen MR) is 108 cm³/mol. The highest BCUT2D eigenvalue weighted by Crippen LogP contribution is 2.33. The van der Waals surface area contributed by atoms with Gasteiger partial charge in [0.1, 0.15) is 0 Å². The van der Waals surface area contributed by atoms with Crippen molar-refractivity contribution in [2.45, 2.75) is 25.3 Å². The number of carbonyl (C=O) groups is 2. The summed E-state index contributed by atoms with van der Waals surface area (Å²) in [6.45, 7) is 0.310. The van der Waals surface area contributed by atoms with Crippen LogP contribution in [0.1, 0.15) is 40.4 Å². The summed E-state index contributed by atoms with van der Waals surface area (Å²) in [4.78, 5) is 28.3. The third-order valence-corrected chi connectivity index (χ3v) is 5.06. The summed E-state index contributed by atoms with van der Waals surface area (Å²) in [5, 5.41) is 2.92. The molecule has 5 nitrogen and oxygen atoms in total. The van der Waals surface area contributed by atoms with Crippen LogP contribution in [0.3, 0.4) is 0 Å². The van der Waals surface area contributed by atoms with Gasteiger partial charge < -0.3 is 10.2 Å². The van der Waals surface area contributed by atoms with E-state index in [9.17, 15) is 9.59 Å². The van der Waals surface area contributed by atoms with Gasteiger partial charge in [0.2, 0.25) is 5.91 Å². The number of nitrogens with one attached hydrogen (secondary N) is 1. The first-order valence-corrected chi connectivity index (χ1v) is 9.35. The first-order chi connectivity index (χ1) is 13.0. The maximum absolute atomic E-state index is 12.5. The fraction of sp³-hybridized carbons (Fsp3) is 0.364. The van der Waals surface area contributed by atoms with Crippen molar-refractivity contribution in [1.29, 1.82) is 0 Å². The third kappa shape index (κ3) is 4.55. The number of fused-ring (bicyclic) bond motifs is 1. The van der Waals surface area contributed by atoms with Crippen LogP contribution in [0, 0.1) is 0 Å². The van der Waals surface area contributed by atoms with Gasteiger partial charge in [-0.1, -0.05) is 30.3 Å². The summed E-state index contributed by atoms with van der Waals surface area (Å²) in [6, 6.07) is 15.8. The number of aryl methyl sites for hydroxylation is 1. The molecule has 1 unspecified atom stereocenters. The summed E-state index contributed by atoms with van der Waals surface area (Å²) >= 11 is 0. The Kier molecular flexibility index (Phi) is 5.91. The molecule has 3 rings (SSSR count). The number of hydrogen-bond acceptors (Lipinski definition) is 3. The van der Waals surface area contributed by atoms with Gasteiger partial charge in [-0.3, -0.25) is 14.5 Å². The van der Waals surface area contributed by atoms with Gasteiger partial charge in [0.05, 0.1) is 6.54 Å². The van der Waals surface area contributed by atoms with Crippen LogP contribution in [0.25, 0.3) is 0 Å². The molecule has 0 aliphatic heterocycles. The highest BCUT2D eigenvalue weighted by Gasteiger charge is 2.24. The van der Waals surface area contributed by atoms with E-state index < -0.39 is 0 Å². The smallest absolute Gasteiger partial charge is 0.253 e. The fourth-order valence-corrected chi connectivity index (χ4v) is 3.71. The van der Waals surface area contributed by atoms with Crippen LogP contribution in [-0.4, -0.2) is 49.3 Å². The topological polar surface area (TPSA) is 52.7 Å². The Morgan fingerprint density at radius 1 is 1.07 bits per heavy atom. The molecule has 1 atom stereocenters. The van der Waals surface area contributed by atoms with Gasteiger partial charge >= 0.3 is 0 Å². The van der Waals surface area contributed by atoms with Gasteiger partial charge in [-0.15, -0.1) is 0 Å². The van der Waals surface area contributed by atoms with Gasteiger partial charge in [-0.25, -0.2) is 0 Å². The predicted octanol–water partition coefficient (Wildman–Crippen LogP) is 3.34. The molecule has 2 amide bonds. The minimum atomic E-state index is -0.0815. The van der Waals surface area contributed by atoms with Crippen molar-refractivity contribution in [2.24, 2.45) is 0 Å². The standard InChI is InChI=1S/C22H27N3O2/c1-24(2)22(27)17-10-6-11-18(14-17)23-21(26)15-25(3)20-13-7-9-16-8-4-5-12-19(16)20/h4-6,8,10-12,14,20H,7,9,13,15H2,1-3H3,(H,23,26). The molecule has 1 aliphatic rings. The van der Waals surface area contributed by atoms with Crippen molar-refractivity contribution in [2.75, 3.05) is 33.0 Å². The van der Waals surface area contributed by atoms with E-state index in [1.807, 2.05) is 7.05 Å². The molecule has 1 N–H and O–H groups in total. The summed E-state index contributed by atoms with van der Waals surface area (Å²) in [6.07, 6.45) is 3.31. The monoisotopic (exact) mass is 365 g/mol. The SMILES string of the molecule is CN(C)C(=O)c1cccc(NC(=O)CN(C)C2CCCc3ccccc32)c1. The first-order valence-electron chi connectivity index (χ1n) is 9.35. The minimum absolute atomic E-state index is 0.0741. The molecule has 2 aromatic carbocycles.